The minimum atomic E-state index is -0.797. The lowest BCUT2D eigenvalue weighted by atomic mass is 9.63. The molecule has 24 heteroatoms. The highest BCUT2D eigenvalue weighted by atomic mass is 79.9. The molecule has 0 amide bonds. The van der Waals surface area contributed by atoms with Gasteiger partial charge >= 0.3 is 5.97 Å². The number of halogens is 6. The molecule has 2 spiro atoms. The first-order chi connectivity index (χ1) is 49.6. The van der Waals surface area contributed by atoms with Crippen molar-refractivity contribution < 1.29 is 9.90 Å². The van der Waals surface area contributed by atoms with Crippen LogP contribution in [-0.4, -0.2) is 99.1 Å². The minimum absolute atomic E-state index is 0.00308. The summed E-state index contributed by atoms with van der Waals surface area (Å²) in [5.74, 6) is 1.36. The summed E-state index contributed by atoms with van der Waals surface area (Å²) in [5.41, 5.74) is 22.1. The fourth-order valence-corrected chi connectivity index (χ4v) is 18.0. The molecule has 0 radical (unpaired) electrons. The molecule has 2 aliphatic carbocycles. The number of aromatic nitrogens is 12. The van der Waals surface area contributed by atoms with E-state index in [1.54, 1.807) is 0 Å². The quantitative estimate of drug-likeness (QED) is 0.0895. The maximum Gasteiger partial charge on any atom is 0.305 e. The largest absolute Gasteiger partial charge is 0.481 e. The summed E-state index contributed by atoms with van der Waals surface area (Å²) in [6, 6.07) is 50.6. The van der Waals surface area contributed by atoms with Crippen molar-refractivity contribution in [2.24, 2.45) is 0 Å². The number of aromatic amines is 3. The molecule has 3 aromatic heterocycles. The zero-order chi connectivity index (χ0) is 72.0. The number of nitrogens with one attached hydrogen (secondary N) is 3. The number of carboxylic acid groups (broad SMARTS) is 1. The van der Waals surface area contributed by atoms with E-state index in [0.29, 0.717) is 31.0 Å². The van der Waals surface area contributed by atoms with Crippen LogP contribution in [0.4, 0.5) is 45.5 Å². The molecule has 7 heterocycles. The summed E-state index contributed by atoms with van der Waals surface area (Å²) >= 11 is 35.6. The van der Waals surface area contributed by atoms with Crippen molar-refractivity contribution in [1.82, 2.24) is 61.9 Å². The van der Waals surface area contributed by atoms with Crippen molar-refractivity contribution in [2.45, 2.75) is 147 Å². The van der Waals surface area contributed by atoms with E-state index in [1.165, 1.54) is 122 Å². The number of fused-ring (bicyclic) bond motifs is 12. The number of hydrogen-bond donors (Lipinski definition) is 4. The fourth-order valence-electron chi connectivity index (χ4n) is 16.8. The molecular weight excluding hydrogens is 1460 g/mol. The number of hydrogen-bond acceptors (Lipinski definition) is 14. The van der Waals surface area contributed by atoms with Gasteiger partial charge in [-0.2, -0.15) is 15.6 Å². The van der Waals surface area contributed by atoms with Gasteiger partial charge in [0.15, 0.2) is 17.5 Å². The van der Waals surface area contributed by atoms with Crippen molar-refractivity contribution in [1.29, 1.82) is 0 Å². The van der Waals surface area contributed by atoms with Crippen molar-refractivity contribution in [3.8, 4) is 0 Å². The molecular formula is C79H80BrCl5N16O2. The molecule has 18 nitrogen and oxygen atoms in total. The van der Waals surface area contributed by atoms with E-state index < -0.39 is 5.97 Å². The summed E-state index contributed by atoms with van der Waals surface area (Å²) in [6.45, 7) is 16.2. The molecule has 2 saturated carbocycles. The van der Waals surface area contributed by atoms with Crippen LogP contribution >= 0.6 is 73.9 Å². The summed E-state index contributed by atoms with van der Waals surface area (Å²) in [6.07, 6.45) is 12.7. The van der Waals surface area contributed by atoms with Gasteiger partial charge < -0.3 is 24.7 Å². The van der Waals surface area contributed by atoms with Crippen LogP contribution in [-0.2, 0) is 45.7 Å². The first-order valence-electron chi connectivity index (χ1n) is 35.1. The monoisotopic (exact) mass is 1540 g/mol. The average molecular weight is 1540 g/mol. The molecule has 8 aromatic carbocycles. The van der Waals surface area contributed by atoms with Crippen LogP contribution < -0.4 is 19.6 Å². The second kappa shape index (κ2) is 29.6. The Morgan fingerprint density at radius 2 is 0.680 bits per heavy atom. The number of aryl methyl sites for hydroxylation is 2. The number of carbonyl (C=O) groups is 1. The van der Waals surface area contributed by atoms with E-state index in [2.05, 4.69) is 242 Å². The van der Waals surface area contributed by atoms with Gasteiger partial charge in [0.05, 0.1) is 6.42 Å². The van der Waals surface area contributed by atoms with Crippen molar-refractivity contribution >= 4 is 125 Å². The Hall–Kier alpha value is -8.43. The van der Waals surface area contributed by atoms with Gasteiger partial charge in [0.1, 0.15) is 0 Å². The Morgan fingerprint density at radius 3 is 1.01 bits per heavy atom. The highest BCUT2D eigenvalue weighted by Crippen LogP contribution is 2.59. The summed E-state index contributed by atoms with van der Waals surface area (Å²) < 4.78 is 1.11. The van der Waals surface area contributed by atoms with E-state index in [9.17, 15) is 9.90 Å². The minimum Gasteiger partial charge on any atom is -0.481 e. The maximum atomic E-state index is 11.2. The van der Waals surface area contributed by atoms with Crippen LogP contribution in [0.25, 0.3) is 0 Å². The molecule has 17 rings (SSSR count). The van der Waals surface area contributed by atoms with Gasteiger partial charge in [0.2, 0.25) is 0 Å². The van der Waals surface area contributed by atoms with Crippen LogP contribution in [0, 0.1) is 13.8 Å². The second-order valence-corrected chi connectivity index (χ2v) is 31.8. The molecule has 0 bridgehead atoms. The van der Waals surface area contributed by atoms with Crippen LogP contribution in [0.1, 0.15) is 165 Å². The van der Waals surface area contributed by atoms with Crippen molar-refractivity contribution in [3.63, 3.8) is 0 Å². The number of rotatable bonds is 12. The molecule has 0 unspecified atom stereocenters. The lowest BCUT2D eigenvalue weighted by Crippen LogP contribution is -2.39. The predicted octanol–water partition coefficient (Wildman–Crippen LogP) is 19.7. The SMILES string of the molecule is Cc1ccc2c(c1)C(C)(C)c1cc(Br)ccc1N2CCc1nn[nH]n1.Cc1ccc2c(c1)C(C)(C)c1cc(Cl)ccc1N2CCc1nn[nH]n1.Clc1ccc2c(c1)C1(CCCC1)c1cc(Cl)ccc1N2CCc1nn[nH]n1.O=C(O)CCN1c2ccc(Cl)cc2C2(CCCCC2)c2cc(Cl)ccc21. The Kier molecular flexibility index (Phi) is 20.6. The van der Waals surface area contributed by atoms with E-state index in [-0.39, 0.29) is 28.1 Å². The number of tetrazole rings is 3. The molecule has 0 saturated heterocycles. The highest BCUT2D eigenvalue weighted by Gasteiger charge is 2.47. The van der Waals surface area contributed by atoms with Gasteiger partial charge in [-0.25, -0.2) is 0 Å². The van der Waals surface area contributed by atoms with Gasteiger partial charge in [-0.1, -0.05) is 185 Å². The molecule has 4 aliphatic heterocycles. The van der Waals surface area contributed by atoms with Gasteiger partial charge in [-0.05, 0) is 205 Å². The first-order valence-corrected chi connectivity index (χ1v) is 37.8. The Balaban J connectivity index is 0.000000116. The number of anilines is 8. The van der Waals surface area contributed by atoms with Crippen LogP contribution in [0.2, 0.25) is 25.1 Å². The van der Waals surface area contributed by atoms with E-state index in [1.807, 2.05) is 42.5 Å². The standard InChI is InChI=1S/C21H21Cl2NO2.C20H19Cl2N5.C19H20BrN5.C19H20ClN5/c22-14-4-6-18-16(12-14)21(9-2-1-3-10-21)17-13-15(23)5-7-19(17)24(18)11-8-20(25)26;21-13-3-5-17-15(11-13)20(8-1-2-9-20)16-12-14(22)4-6-18(16)27(17)10-7-19-23-25-26-24-19;2*1-12-4-6-16-14(10-12)19(2,3)15-11-13(20)5-7-17(15)25(16)9-8-18-21-23-24-22-18/h4-7,12-13H,1-3,8-11H2,(H,25,26);3-6,11-12H,1-2,7-10H2,(H,23,24,25,26);2*4-7,10-11H,8-9H2,1-3H3,(H,21,22,23,24). The van der Waals surface area contributed by atoms with E-state index in [4.69, 9.17) is 58.0 Å². The highest BCUT2D eigenvalue weighted by molar-refractivity contribution is 9.10. The third kappa shape index (κ3) is 14.1. The third-order valence-electron chi connectivity index (χ3n) is 21.7. The topological polar surface area (TPSA) is 214 Å². The molecule has 11 aromatic rings. The van der Waals surface area contributed by atoms with Gasteiger partial charge in [0.25, 0.3) is 0 Å². The number of aliphatic carboxylic acids is 1. The normalized spacial score (nSPS) is 16.2. The predicted molar refractivity (Wildman–Crippen MR) is 415 cm³/mol. The zero-order valence-corrected chi connectivity index (χ0v) is 63.7. The van der Waals surface area contributed by atoms with E-state index in [0.717, 1.165) is 98.5 Å². The maximum absolute atomic E-state index is 11.2. The average Bonchev–Trinajstić information content (AvgIpc) is 1.67. The van der Waals surface area contributed by atoms with E-state index >= 15 is 0 Å². The molecule has 4 N–H and O–H groups in total. The van der Waals surface area contributed by atoms with Crippen LogP contribution in [0.3, 0.4) is 0 Å². The number of H-pyrrole nitrogens is 3. The lowest BCUT2D eigenvalue weighted by molar-refractivity contribution is -0.136. The Bertz CT molecular complexity index is 4530. The molecule has 2 fully saturated rings. The Morgan fingerprint density at radius 1 is 0.398 bits per heavy atom. The van der Waals surface area contributed by atoms with Crippen LogP contribution in [0.15, 0.2) is 150 Å². The second-order valence-electron chi connectivity index (χ2n) is 28.7. The van der Waals surface area contributed by atoms with Gasteiger partial charge in [-0.3, -0.25) is 4.79 Å². The fraction of sp³-hybridized carbons (Fsp3) is 0.342. The summed E-state index contributed by atoms with van der Waals surface area (Å²) in [4.78, 5) is 20.4. The summed E-state index contributed by atoms with van der Waals surface area (Å²) in [5, 5.41) is 56.0. The zero-order valence-electron chi connectivity index (χ0n) is 58.3. The molecule has 0 atom stereocenters. The smallest absolute Gasteiger partial charge is 0.305 e. The lowest BCUT2D eigenvalue weighted by Gasteiger charge is -2.47. The summed E-state index contributed by atoms with van der Waals surface area (Å²) in [7, 11) is 0. The number of nitrogens with zero attached hydrogens (tertiary/aromatic N) is 13. The van der Waals surface area contributed by atoms with Crippen molar-refractivity contribution in [2.75, 3.05) is 45.8 Å². The molecule has 6 aliphatic rings. The number of carboxylic acids is 1. The third-order valence-corrected chi connectivity index (χ3v) is 23.4. The van der Waals surface area contributed by atoms with Crippen molar-refractivity contribution in [3.05, 3.63) is 248 Å². The number of benzene rings is 8. The molecule has 530 valence electrons. The first kappa shape index (κ1) is 71.6. The molecule has 103 heavy (non-hydrogen) atoms. The Labute approximate surface area is 633 Å². The van der Waals surface area contributed by atoms with Crippen LogP contribution in [0.5, 0.6) is 0 Å². The van der Waals surface area contributed by atoms with Gasteiger partial charge in [0, 0.05) is 142 Å². The van der Waals surface area contributed by atoms with Gasteiger partial charge in [-0.15, -0.1) is 30.6 Å².